The molecule has 3 rings (SSSR count). The molecule has 3 aromatic rings. The topological polar surface area (TPSA) is 104 Å². The van der Waals surface area contributed by atoms with E-state index in [-0.39, 0.29) is 24.0 Å². The first kappa shape index (κ1) is 16.7. The average Bonchev–Trinajstić information content (AvgIpc) is 3.02. The Bertz CT molecular complexity index is 926. The quantitative estimate of drug-likeness (QED) is 0.535. The van der Waals surface area contributed by atoms with Gasteiger partial charge in [0.15, 0.2) is 17.5 Å². The Kier molecular flexibility index (Phi) is 4.75. The highest BCUT2D eigenvalue weighted by molar-refractivity contribution is 7.22. The number of hydrogen-bond acceptors (Lipinski definition) is 7. The third-order valence-corrected chi connectivity index (χ3v) is 4.15. The summed E-state index contributed by atoms with van der Waals surface area (Å²) >= 11 is 1.13. The van der Waals surface area contributed by atoms with Gasteiger partial charge < -0.3 is 9.47 Å². The monoisotopic (exact) mass is 359 g/mol. The number of anilines is 1. The van der Waals surface area contributed by atoms with Gasteiger partial charge in [0.1, 0.15) is 11.3 Å². The fourth-order valence-electron chi connectivity index (χ4n) is 2.12. The molecule has 0 aliphatic heterocycles. The van der Waals surface area contributed by atoms with Crippen LogP contribution in [0.3, 0.4) is 0 Å². The summed E-state index contributed by atoms with van der Waals surface area (Å²) in [6, 6.07) is 11.6. The predicted molar refractivity (Wildman–Crippen MR) is 93.4 cm³/mol. The molecule has 2 aromatic carbocycles. The zero-order chi connectivity index (χ0) is 17.8. The lowest BCUT2D eigenvalue weighted by atomic mass is 10.3. The number of para-hydroxylation sites is 1. The van der Waals surface area contributed by atoms with E-state index < -0.39 is 4.92 Å². The fourth-order valence-corrected chi connectivity index (χ4v) is 3.05. The van der Waals surface area contributed by atoms with Crippen LogP contribution in [-0.4, -0.2) is 29.5 Å². The Balaban J connectivity index is 1.75. The first-order valence-electron chi connectivity index (χ1n) is 7.17. The summed E-state index contributed by atoms with van der Waals surface area (Å²) in [5.74, 6) is 0.483. The summed E-state index contributed by atoms with van der Waals surface area (Å²) in [6.07, 6.45) is 0. The van der Waals surface area contributed by atoms with E-state index in [0.717, 1.165) is 11.3 Å². The van der Waals surface area contributed by atoms with E-state index in [4.69, 9.17) is 9.47 Å². The van der Waals surface area contributed by atoms with Gasteiger partial charge in [-0.1, -0.05) is 29.5 Å². The van der Waals surface area contributed by atoms with Crippen molar-refractivity contribution >= 4 is 38.3 Å². The molecule has 1 aromatic heterocycles. The molecular weight excluding hydrogens is 346 g/mol. The number of carbonyl (C=O) groups is 1. The number of rotatable bonds is 6. The van der Waals surface area contributed by atoms with E-state index in [0.29, 0.717) is 21.1 Å². The molecule has 1 amide bonds. The first-order chi connectivity index (χ1) is 12.1. The normalized spacial score (nSPS) is 10.4. The van der Waals surface area contributed by atoms with Gasteiger partial charge in [-0.3, -0.25) is 20.2 Å². The lowest BCUT2D eigenvalue weighted by Crippen LogP contribution is -2.19. The summed E-state index contributed by atoms with van der Waals surface area (Å²) < 4.78 is 11.1. The van der Waals surface area contributed by atoms with Crippen molar-refractivity contribution in [3.8, 4) is 11.5 Å². The van der Waals surface area contributed by atoms with Gasteiger partial charge >= 0.3 is 0 Å². The smallest absolute Gasteiger partial charge is 0.274 e. The number of non-ortho nitro benzene ring substituents is 1. The van der Waals surface area contributed by atoms with Gasteiger partial charge in [-0.15, -0.1) is 0 Å². The van der Waals surface area contributed by atoms with Crippen LogP contribution in [-0.2, 0) is 4.79 Å². The maximum Gasteiger partial charge on any atom is 0.274 e. The zero-order valence-corrected chi connectivity index (χ0v) is 13.9. The Morgan fingerprint density at radius 2 is 2.08 bits per heavy atom. The number of nitrogens with one attached hydrogen (secondary N) is 1. The van der Waals surface area contributed by atoms with Crippen molar-refractivity contribution in [2.24, 2.45) is 0 Å². The van der Waals surface area contributed by atoms with Crippen molar-refractivity contribution in [2.45, 2.75) is 0 Å². The van der Waals surface area contributed by atoms with E-state index in [1.807, 2.05) is 6.07 Å². The van der Waals surface area contributed by atoms with Crippen LogP contribution in [0.15, 0.2) is 42.5 Å². The summed E-state index contributed by atoms with van der Waals surface area (Å²) in [6.45, 7) is -0.169. The van der Waals surface area contributed by atoms with Crippen LogP contribution in [0.1, 0.15) is 0 Å². The van der Waals surface area contributed by atoms with Crippen molar-refractivity contribution in [3.63, 3.8) is 0 Å². The van der Waals surface area contributed by atoms with Crippen molar-refractivity contribution in [1.29, 1.82) is 0 Å². The van der Waals surface area contributed by atoms with Crippen molar-refractivity contribution < 1.29 is 19.2 Å². The molecule has 0 unspecified atom stereocenters. The number of ether oxygens (including phenoxy) is 2. The van der Waals surface area contributed by atoms with Crippen LogP contribution < -0.4 is 14.8 Å². The summed E-state index contributed by atoms with van der Waals surface area (Å²) in [7, 11) is 1.41. The molecule has 0 aliphatic carbocycles. The average molecular weight is 359 g/mol. The predicted octanol–water partition coefficient (Wildman–Crippen LogP) is 3.23. The highest BCUT2D eigenvalue weighted by Crippen LogP contribution is 2.36. The number of thiazole rings is 1. The van der Waals surface area contributed by atoms with E-state index in [2.05, 4.69) is 10.3 Å². The molecule has 128 valence electrons. The van der Waals surface area contributed by atoms with E-state index in [9.17, 15) is 14.9 Å². The molecule has 1 heterocycles. The van der Waals surface area contributed by atoms with Gasteiger partial charge in [-0.05, 0) is 12.1 Å². The lowest BCUT2D eigenvalue weighted by molar-refractivity contribution is -0.384. The molecular formula is C16H13N3O5S. The molecule has 0 saturated carbocycles. The molecule has 0 aliphatic rings. The minimum Gasteiger partial charge on any atom is -0.494 e. The van der Waals surface area contributed by atoms with E-state index in [1.165, 1.54) is 19.2 Å². The minimum atomic E-state index is -0.506. The van der Waals surface area contributed by atoms with Crippen molar-refractivity contribution in [2.75, 3.05) is 19.0 Å². The summed E-state index contributed by atoms with van der Waals surface area (Å²) in [5, 5.41) is 13.9. The summed E-state index contributed by atoms with van der Waals surface area (Å²) in [5.41, 5.74) is 0.357. The molecule has 8 nitrogen and oxygen atoms in total. The molecule has 0 saturated heterocycles. The number of amides is 1. The highest BCUT2D eigenvalue weighted by Gasteiger charge is 2.17. The van der Waals surface area contributed by atoms with Crippen LogP contribution in [0.2, 0.25) is 0 Å². The van der Waals surface area contributed by atoms with Gasteiger partial charge in [-0.25, -0.2) is 4.98 Å². The molecule has 0 fully saturated rings. The van der Waals surface area contributed by atoms with Crippen LogP contribution in [0, 0.1) is 10.1 Å². The van der Waals surface area contributed by atoms with Gasteiger partial charge in [0.25, 0.3) is 11.6 Å². The minimum absolute atomic E-state index is 0.0988. The Morgan fingerprint density at radius 3 is 2.76 bits per heavy atom. The van der Waals surface area contributed by atoms with Gasteiger partial charge in [-0.2, -0.15) is 0 Å². The number of carbonyl (C=O) groups excluding carboxylic acids is 1. The SMILES string of the molecule is COc1cc([N+](=O)[O-])cc2sc(NC(=O)COc3ccccc3)nc12. The third-order valence-electron chi connectivity index (χ3n) is 3.23. The van der Waals surface area contributed by atoms with Gasteiger partial charge in [0.2, 0.25) is 0 Å². The zero-order valence-electron chi connectivity index (χ0n) is 13.1. The second kappa shape index (κ2) is 7.14. The first-order valence-corrected chi connectivity index (χ1v) is 7.99. The highest BCUT2D eigenvalue weighted by atomic mass is 32.1. The molecule has 1 N–H and O–H groups in total. The standard InChI is InChI=1S/C16H13N3O5S/c1-23-12-7-10(19(21)22)8-13-15(12)18-16(25-13)17-14(20)9-24-11-5-3-2-4-6-11/h2-8H,9H2,1H3,(H,17,18,20). The number of aromatic nitrogens is 1. The van der Waals surface area contributed by atoms with Crippen LogP contribution in [0.5, 0.6) is 11.5 Å². The van der Waals surface area contributed by atoms with E-state index in [1.54, 1.807) is 24.3 Å². The number of hydrogen-bond donors (Lipinski definition) is 1. The molecule has 9 heteroatoms. The lowest BCUT2D eigenvalue weighted by Gasteiger charge is -2.05. The number of methoxy groups -OCH3 is 1. The van der Waals surface area contributed by atoms with Crippen molar-refractivity contribution in [1.82, 2.24) is 4.98 Å². The fraction of sp³-hybridized carbons (Fsp3) is 0.125. The van der Waals surface area contributed by atoms with E-state index >= 15 is 0 Å². The molecule has 0 radical (unpaired) electrons. The number of nitro groups is 1. The number of fused-ring (bicyclic) bond motifs is 1. The van der Waals surface area contributed by atoms with Gasteiger partial charge in [0, 0.05) is 6.07 Å². The third kappa shape index (κ3) is 3.83. The summed E-state index contributed by atoms with van der Waals surface area (Å²) in [4.78, 5) is 26.7. The van der Waals surface area contributed by atoms with Crippen LogP contribution in [0.4, 0.5) is 10.8 Å². The Labute approximate surface area is 146 Å². The van der Waals surface area contributed by atoms with Crippen molar-refractivity contribution in [3.05, 3.63) is 52.6 Å². The Morgan fingerprint density at radius 1 is 1.32 bits per heavy atom. The maximum atomic E-state index is 12.0. The second-order valence-electron chi connectivity index (χ2n) is 4.92. The number of nitro benzene ring substituents is 1. The molecule has 0 spiro atoms. The molecule has 0 atom stereocenters. The van der Waals surface area contributed by atoms with Crippen LogP contribution in [0.25, 0.3) is 10.2 Å². The second-order valence-corrected chi connectivity index (χ2v) is 5.95. The van der Waals surface area contributed by atoms with Gasteiger partial charge in [0.05, 0.1) is 22.8 Å². The Hall–Kier alpha value is -3.20. The largest absolute Gasteiger partial charge is 0.494 e. The maximum absolute atomic E-state index is 12.0. The van der Waals surface area contributed by atoms with Crippen LogP contribution >= 0.6 is 11.3 Å². The molecule has 0 bridgehead atoms. The number of nitrogens with zero attached hydrogens (tertiary/aromatic N) is 2. The number of benzene rings is 2. The molecule has 25 heavy (non-hydrogen) atoms.